The molecule has 2 heterocycles. The Bertz CT molecular complexity index is 1030. The SMILES string of the molecule is O=C(NCc1cc([N+](=O)[O-])ccc1N1CCCCC1)NCc1cc([N+](=O)[O-])ccc1N1CCCCC1. The molecule has 2 fully saturated rings. The van der Waals surface area contributed by atoms with Crippen molar-refractivity contribution in [3.8, 4) is 0 Å². The molecule has 0 spiro atoms. The topological polar surface area (TPSA) is 134 Å². The van der Waals surface area contributed by atoms with Crippen molar-refractivity contribution in [3.63, 3.8) is 0 Å². The van der Waals surface area contributed by atoms with Crippen molar-refractivity contribution in [2.24, 2.45) is 0 Å². The van der Waals surface area contributed by atoms with Gasteiger partial charge < -0.3 is 20.4 Å². The summed E-state index contributed by atoms with van der Waals surface area (Å²) in [6, 6.07) is 9.09. The maximum absolute atomic E-state index is 12.7. The predicted molar refractivity (Wildman–Crippen MR) is 137 cm³/mol. The molecule has 2 aromatic rings. The first-order valence-electron chi connectivity index (χ1n) is 12.5. The van der Waals surface area contributed by atoms with Crippen LogP contribution in [0.2, 0.25) is 0 Å². The third-order valence-corrected chi connectivity index (χ3v) is 6.82. The summed E-state index contributed by atoms with van der Waals surface area (Å²) in [4.78, 5) is 38.9. The Morgan fingerprint density at radius 1 is 0.694 bits per heavy atom. The molecule has 0 aliphatic carbocycles. The lowest BCUT2D eigenvalue weighted by Gasteiger charge is -2.31. The van der Waals surface area contributed by atoms with Crippen molar-refractivity contribution in [2.45, 2.75) is 51.6 Å². The summed E-state index contributed by atoms with van der Waals surface area (Å²) in [6.45, 7) is 3.78. The van der Waals surface area contributed by atoms with Crippen molar-refractivity contribution in [1.29, 1.82) is 0 Å². The minimum Gasteiger partial charge on any atom is -0.371 e. The van der Waals surface area contributed by atoms with E-state index in [-0.39, 0.29) is 24.5 Å². The van der Waals surface area contributed by atoms with Gasteiger partial charge in [-0.25, -0.2) is 4.79 Å². The molecule has 11 heteroatoms. The average Bonchev–Trinajstić information content (AvgIpc) is 2.91. The summed E-state index contributed by atoms with van der Waals surface area (Å²) in [5, 5.41) is 28.2. The van der Waals surface area contributed by atoms with E-state index in [9.17, 15) is 25.0 Å². The number of nitrogens with zero attached hydrogens (tertiary/aromatic N) is 4. The highest BCUT2D eigenvalue weighted by Crippen LogP contribution is 2.29. The van der Waals surface area contributed by atoms with E-state index in [1.165, 1.54) is 24.3 Å². The van der Waals surface area contributed by atoms with E-state index in [2.05, 4.69) is 20.4 Å². The number of hydrogen-bond donors (Lipinski definition) is 2. The number of nitro benzene ring substituents is 2. The third kappa shape index (κ3) is 6.21. The number of carbonyl (C=O) groups is 1. The van der Waals surface area contributed by atoms with Crippen LogP contribution >= 0.6 is 0 Å². The molecule has 2 N–H and O–H groups in total. The van der Waals surface area contributed by atoms with Gasteiger partial charge in [0.25, 0.3) is 11.4 Å². The van der Waals surface area contributed by atoms with Crippen LogP contribution in [0.5, 0.6) is 0 Å². The van der Waals surface area contributed by atoms with Gasteiger partial charge in [0.2, 0.25) is 0 Å². The fraction of sp³-hybridized carbons (Fsp3) is 0.480. The van der Waals surface area contributed by atoms with E-state index in [0.717, 1.165) is 76.1 Å². The lowest BCUT2D eigenvalue weighted by atomic mass is 10.1. The lowest BCUT2D eigenvalue weighted by molar-refractivity contribution is -0.385. The zero-order valence-corrected chi connectivity index (χ0v) is 20.3. The van der Waals surface area contributed by atoms with Crippen LogP contribution in [0.25, 0.3) is 0 Å². The molecule has 2 aliphatic rings. The van der Waals surface area contributed by atoms with E-state index in [1.54, 1.807) is 12.1 Å². The summed E-state index contributed by atoms with van der Waals surface area (Å²) in [5.74, 6) is 0. The molecule has 11 nitrogen and oxygen atoms in total. The molecule has 0 bridgehead atoms. The summed E-state index contributed by atoms with van der Waals surface area (Å²) in [7, 11) is 0. The molecule has 0 atom stereocenters. The molecule has 2 aliphatic heterocycles. The summed E-state index contributed by atoms with van der Waals surface area (Å²) in [5.41, 5.74) is 3.13. The molecule has 0 unspecified atom stereocenters. The summed E-state index contributed by atoms with van der Waals surface area (Å²) in [6.07, 6.45) is 6.58. The van der Waals surface area contributed by atoms with Crippen LogP contribution in [0.15, 0.2) is 36.4 Å². The predicted octanol–water partition coefficient (Wildman–Crippen LogP) is 4.48. The molecule has 192 valence electrons. The first-order valence-corrected chi connectivity index (χ1v) is 12.5. The Kier molecular flexibility index (Phi) is 8.19. The van der Waals surface area contributed by atoms with Crippen LogP contribution in [0.1, 0.15) is 49.7 Å². The van der Waals surface area contributed by atoms with Crippen molar-refractivity contribution in [2.75, 3.05) is 36.0 Å². The molecule has 0 aromatic heterocycles. The smallest absolute Gasteiger partial charge is 0.315 e. The number of nitro groups is 2. The Morgan fingerprint density at radius 3 is 1.44 bits per heavy atom. The van der Waals surface area contributed by atoms with Crippen LogP contribution in [0.4, 0.5) is 27.5 Å². The monoisotopic (exact) mass is 496 g/mol. The molecule has 2 aromatic carbocycles. The number of piperidine rings is 2. The number of carbonyl (C=O) groups excluding carboxylic acids is 1. The van der Waals surface area contributed by atoms with Gasteiger partial charge >= 0.3 is 6.03 Å². The molecule has 2 amide bonds. The number of benzene rings is 2. The Morgan fingerprint density at radius 2 is 1.08 bits per heavy atom. The first kappa shape index (κ1) is 25.2. The number of urea groups is 1. The number of rotatable bonds is 8. The van der Waals surface area contributed by atoms with E-state index in [1.807, 2.05) is 0 Å². The molecule has 2 saturated heterocycles. The Labute approximate surface area is 209 Å². The summed E-state index contributed by atoms with van der Waals surface area (Å²) >= 11 is 0. The van der Waals surface area contributed by atoms with Gasteiger partial charge in [-0.1, -0.05) is 0 Å². The largest absolute Gasteiger partial charge is 0.371 e. The number of amides is 2. The number of hydrogen-bond acceptors (Lipinski definition) is 7. The van der Waals surface area contributed by atoms with Crippen LogP contribution in [0, 0.1) is 20.2 Å². The van der Waals surface area contributed by atoms with Crippen molar-refractivity contribution in [3.05, 3.63) is 67.8 Å². The molecule has 0 saturated carbocycles. The highest BCUT2D eigenvalue weighted by molar-refractivity contribution is 5.75. The maximum Gasteiger partial charge on any atom is 0.315 e. The minimum atomic E-state index is -0.442. The van der Waals surface area contributed by atoms with Gasteiger partial charge in [-0.15, -0.1) is 0 Å². The zero-order valence-electron chi connectivity index (χ0n) is 20.3. The average molecular weight is 497 g/mol. The quantitative estimate of drug-likeness (QED) is 0.406. The minimum absolute atomic E-state index is 0.0178. The van der Waals surface area contributed by atoms with Gasteiger partial charge in [0.1, 0.15) is 0 Å². The number of anilines is 2. The fourth-order valence-electron chi connectivity index (χ4n) is 4.95. The van der Waals surface area contributed by atoms with E-state index in [4.69, 9.17) is 0 Å². The fourth-order valence-corrected chi connectivity index (χ4v) is 4.95. The maximum atomic E-state index is 12.7. The third-order valence-electron chi connectivity index (χ3n) is 6.82. The van der Waals surface area contributed by atoms with E-state index < -0.39 is 15.9 Å². The second kappa shape index (κ2) is 11.7. The molecular formula is C25H32N6O5. The standard InChI is InChI=1S/C25H32N6O5/c32-25(26-17-19-15-21(30(33)34)7-9-23(19)28-11-3-1-4-12-28)27-18-20-16-22(31(35)36)8-10-24(20)29-13-5-2-6-14-29/h7-10,15-16H,1-6,11-14,17-18H2,(H2,26,27,32). The van der Waals surface area contributed by atoms with Crippen LogP contribution < -0.4 is 20.4 Å². The van der Waals surface area contributed by atoms with Gasteiger partial charge in [0, 0.05) is 86.0 Å². The number of nitrogens with one attached hydrogen (secondary N) is 2. The van der Waals surface area contributed by atoms with Gasteiger partial charge in [0.15, 0.2) is 0 Å². The van der Waals surface area contributed by atoms with Crippen molar-refractivity contribution in [1.82, 2.24) is 10.6 Å². The Balaban J connectivity index is 1.44. The van der Waals surface area contributed by atoms with Crippen LogP contribution in [-0.4, -0.2) is 42.1 Å². The van der Waals surface area contributed by atoms with Gasteiger partial charge in [-0.2, -0.15) is 0 Å². The van der Waals surface area contributed by atoms with Crippen LogP contribution in [0.3, 0.4) is 0 Å². The normalized spacial score (nSPS) is 15.9. The first-order chi connectivity index (χ1) is 17.4. The van der Waals surface area contributed by atoms with E-state index in [0.29, 0.717) is 11.1 Å². The van der Waals surface area contributed by atoms with Crippen LogP contribution in [-0.2, 0) is 13.1 Å². The van der Waals surface area contributed by atoms with E-state index >= 15 is 0 Å². The highest BCUT2D eigenvalue weighted by atomic mass is 16.6. The second-order valence-corrected chi connectivity index (χ2v) is 9.27. The molecule has 4 rings (SSSR count). The highest BCUT2D eigenvalue weighted by Gasteiger charge is 2.20. The second-order valence-electron chi connectivity index (χ2n) is 9.27. The molecule has 36 heavy (non-hydrogen) atoms. The lowest BCUT2D eigenvalue weighted by Crippen LogP contribution is -2.36. The van der Waals surface area contributed by atoms with Gasteiger partial charge in [0.05, 0.1) is 9.85 Å². The van der Waals surface area contributed by atoms with Gasteiger partial charge in [-0.3, -0.25) is 20.2 Å². The number of non-ortho nitro benzene ring substituents is 2. The molecular weight excluding hydrogens is 464 g/mol. The molecule has 0 radical (unpaired) electrons. The van der Waals surface area contributed by atoms with Crippen molar-refractivity contribution >= 4 is 28.8 Å². The zero-order chi connectivity index (χ0) is 25.5. The van der Waals surface area contributed by atoms with Crippen molar-refractivity contribution < 1.29 is 14.6 Å². The van der Waals surface area contributed by atoms with Gasteiger partial charge in [-0.05, 0) is 50.7 Å². The summed E-state index contributed by atoms with van der Waals surface area (Å²) < 4.78 is 0. The Hall–Kier alpha value is -3.89.